The molecule has 0 aliphatic carbocycles. The van der Waals surface area contributed by atoms with Crippen molar-refractivity contribution in [1.82, 2.24) is 0 Å². The Balaban J connectivity index is 2.00. The molecule has 138 valence electrons. The maximum atomic E-state index is 12.1. The molecule has 0 amide bonds. The van der Waals surface area contributed by atoms with Gasteiger partial charge in [-0.25, -0.2) is 4.79 Å². The Morgan fingerprint density at radius 1 is 1.11 bits per heavy atom. The van der Waals surface area contributed by atoms with Gasteiger partial charge in [0.25, 0.3) is 0 Å². The van der Waals surface area contributed by atoms with Crippen molar-refractivity contribution in [2.45, 2.75) is 19.4 Å². The van der Waals surface area contributed by atoms with E-state index in [-0.39, 0.29) is 16.9 Å². The molecule has 0 spiro atoms. The Morgan fingerprint density at radius 3 is 2.44 bits per heavy atom. The minimum Gasteiger partial charge on any atom is -0.550 e. The lowest BCUT2D eigenvalue weighted by atomic mass is 10.0. The second-order valence-corrected chi connectivity index (χ2v) is 5.93. The van der Waals surface area contributed by atoms with Crippen LogP contribution >= 0.6 is 0 Å². The van der Waals surface area contributed by atoms with Crippen LogP contribution in [0.3, 0.4) is 0 Å². The quantitative estimate of drug-likeness (QED) is 0.574. The molecule has 0 saturated carbocycles. The highest BCUT2D eigenvalue weighted by atomic mass is 16.5. The van der Waals surface area contributed by atoms with Crippen molar-refractivity contribution in [2.75, 3.05) is 0 Å². The Kier molecular flexibility index (Phi) is 4.94. The standard InChI is InChI=1S/C20H16O7/c1-11-14-8-7-13(9-16(14)27-20(25)15(11)10-17(21)22)26-18(19(23)24)12-5-3-2-4-6-12/h2-9,18H,10H2,1H3,(H,21,22)(H,23,24)/p-2/t18-/m1/s1. The first-order valence-electron chi connectivity index (χ1n) is 8.05. The Labute approximate surface area is 153 Å². The summed E-state index contributed by atoms with van der Waals surface area (Å²) < 4.78 is 10.7. The fourth-order valence-corrected chi connectivity index (χ4v) is 2.81. The van der Waals surface area contributed by atoms with Gasteiger partial charge in [-0.05, 0) is 30.2 Å². The summed E-state index contributed by atoms with van der Waals surface area (Å²) in [6.07, 6.45) is -1.89. The largest absolute Gasteiger partial charge is 0.550 e. The smallest absolute Gasteiger partial charge is 0.340 e. The van der Waals surface area contributed by atoms with E-state index in [1.807, 2.05) is 0 Å². The van der Waals surface area contributed by atoms with E-state index >= 15 is 0 Å². The molecule has 0 aliphatic heterocycles. The molecule has 0 bridgehead atoms. The second-order valence-electron chi connectivity index (χ2n) is 5.93. The highest BCUT2D eigenvalue weighted by molar-refractivity contribution is 5.83. The van der Waals surface area contributed by atoms with Crippen molar-refractivity contribution in [3.8, 4) is 5.75 Å². The maximum absolute atomic E-state index is 12.1. The van der Waals surface area contributed by atoms with Gasteiger partial charge >= 0.3 is 5.63 Å². The molecular weight excluding hydrogens is 352 g/mol. The zero-order valence-electron chi connectivity index (χ0n) is 14.3. The molecule has 7 nitrogen and oxygen atoms in total. The van der Waals surface area contributed by atoms with Crippen LogP contribution in [-0.4, -0.2) is 11.9 Å². The summed E-state index contributed by atoms with van der Waals surface area (Å²) in [5.41, 5.74) is 0.229. The molecule has 7 heteroatoms. The van der Waals surface area contributed by atoms with Crippen molar-refractivity contribution in [2.24, 2.45) is 0 Å². The van der Waals surface area contributed by atoms with Crippen LogP contribution in [0.4, 0.5) is 0 Å². The summed E-state index contributed by atoms with van der Waals surface area (Å²) >= 11 is 0. The van der Waals surface area contributed by atoms with E-state index in [0.717, 1.165) is 0 Å². The normalized spacial score (nSPS) is 11.9. The zero-order chi connectivity index (χ0) is 19.6. The number of hydrogen-bond acceptors (Lipinski definition) is 7. The number of hydrogen-bond donors (Lipinski definition) is 0. The maximum Gasteiger partial charge on any atom is 0.340 e. The first kappa shape index (κ1) is 18.2. The number of aryl methyl sites for hydroxylation is 1. The van der Waals surface area contributed by atoms with Gasteiger partial charge in [0, 0.05) is 29.4 Å². The van der Waals surface area contributed by atoms with E-state index in [0.29, 0.717) is 16.5 Å². The molecule has 1 atom stereocenters. The fourth-order valence-electron chi connectivity index (χ4n) is 2.81. The lowest BCUT2D eigenvalue weighted by molar-refractivity contribution is -0.314. The van der Waals surface area contributed by atoms with Gasteiger partial charge in [0.2, 0.25) is 0 Å². The number of ether oxygens (including phenoxy) is 1. The number of carboxylic acids is 2. The van der Waals surface area contributed by atoms with Crippen LogP contribution in [-0.2, 0) is 16.0 Å². The van der Waals surface area contributed by atoms with E-state index < -0.39 is 30.1 Å². The van der Waals surface area contributed by atoms with Crippen LogP contribution in [0.1, 0.15) is 22.8 Å². The van der Waals surface area contributed by atoms with Gasteiger partial charge in [0.05, 0.1) is 5.97 Å². The first-order valence-corrected chi connectivity index (χ1v) is 8.05. The van der Waals surface area contributed by atoms with Gasteiger partial charge in [-0.2, -0.15) is 0 Å². The summed E-state index contributed by atoms with van der Waals surface area (Å²) in [7, 11) is 0. The van der Waals surface area contributed by atoms with Crippen LogP contribution in [0.5, 0.6) is 5.75 Å². The van der Waals surface area contributed by atoms with Crippen LogP contribution in [0.2, 0.25) is 0 Å². The van der Waals surface area contributed by atoms with E-state index in [1.165, 1.54) is 12.1 Å². The molecule has 0 aliphatic rings. The lowest BCUT2D eigenvalue weighted by Gasteiger charge is -2.20. The van der Waals surface area contributed by atoms with Crippen molar-refractivity contribution >= 4 is 22.9 Å². The number of rotatable bonds is 6. The summed E-state index contributed by atoms with van der Waals surface area (Å²) in [4.78, 5) is 34.3. The summed E-state index contributed by atoms with van der Waals surface area (Å²) in [5.74, 6) is -2.64. The second kappa shape index (κ2) is 7.33. The molecular formula is C20H14O7-2. The number of carbonyl (C=O) groups is 2. The van der Waals surface area contributed by atoms with Crippen molar-refractivity contribution in [3.05, 3.63) is 75.6 Å². The van der Waals surface area contributed by atoms with Crippen molar-refractivity contribution in [3.63, 3.8) is 0 Å². The van der Waals surface area contributed by atoms with E-state index in [2.05, 4.69) is 0 Å². The topological polar surface area (TPSA) is 120 Å². The van der Waals surface area contributed by atoms with Gasteiger partial charge in [-0.15, -0.1) is 0 Å². The lowest BCUT2D eigenvalue weighted by Crippen LogP contribution is -2.33. The van der Waals surface area contributed by atoms with E-state index in [4.69, 9.17) is 9.15 Å². The third kappa shape index (κ3) is 3.82. The van der Waals surface area contributed by atoms with Crippen LogP contribution in [0.25, 0.3) is 11.0 Å². The van der Waals surface area contributed by atoms with Crippen molar-refractivity contribution in [1.29, 1.82) is 0 Å². The number of carbonyl (C=O) groups excluding carboxylic acids is 2. The molecule has 2 aromatic carbocycles. The molecule has 1 aromatic heterocycles. The van der Waals surface area contributed by atoms with E-state index in [9.17, 15) is 24.6 Å². The summed E-state index contributed by atoms with van der Waals surface area (Å²) in [6.45, 7) is 1.60. The highest BCUT2D eigenvalue weighted by Crippen LogP contribution is 2.27. The third-order valence-electron chi connectivity index (χ3n) is 4.15. The fraction of sp³-hybridized carbons (Fsp3) is 0.150. The molecule has 0 saturated heterocycles. The number of carboxylic acid groups (broad SMARTS) is 2. The number of benzene rings is 2. The van der Waals surface area contributed by atoms with Crippen LogP contribution in [0, 0.1) is 6.92 Å². The molecule has 0 unspecified atom stereocenters. The Hall–Kier alpha value is -3.61. The predicted octanol–water partition coefficient (Wildman–Crippen LogP) is 0.264. The summed E-state index contributed by atoms with van der Waals surface area (Å²) in [6, 6.07) is 12.7. The van der Waals surface area contributed by atoms with Crippen LogP contribution < -0.4 is 20.6 Å². The van der Waals surface area contributed by atoms with Gasteiger partial charge in [0.1, 0.15) is 11.3 Å². The molecule has 3 rings (SSSR count). The minimum atomic E-state index is -1.41. The SMILES string of the molecule is Cc1c(CC(=O)[O-])c(=O)oc2cc(O[C@@H](C(=O)[O-])c3ccccc3)ccc12. The molecule has 27 heavy (non-hydrogen) atoms. The van der Waals surface area contributed by atoms with Crippen molar-refractivity contribution < 1.29 is 29.0 Å². The number of aliphatic carboxylic acids is 2. The third-order valence-corrected chi connectivity index (χ3v) is 4.15. The van der Waals surface area contributed by atoms with Gasteiger partial charge in [0.15, 0.2) is 6.10 Å². The van der Waals surface area contributed by atoms with Gasteiger partial charge in [-0.3, -0.25) is 0 Å². The highest BCUT2D eigenvalue weighted by Gasteiger charge is 2.17. The minimum absolute atomic E-state index is 0.00747. The molecule has 3 aromatic rings. The Morgan fingerprint density at radius 2 is 1.81 bits per heavy atom. The molecule has 0 N–H and O–H groups in total. The molecule has 0 radical (unpaired) electrons. The molecule has 1 heterocycles. The first-order chi connectivity index (χ1) is 12.9. The van der Waals surface area contributed by atoms with Crippen LogP contribution in [0.15, 0.2) is 57.7 Å². The molecule has 0 fully saturated rings. The van der Waals surface area contributed by atoms with Gasteiger partial charge < -0.3 is 29.0 Å². The summed E-state index contributed by atoms with van der Waals surface area (Å²) in [5, 5.41) is 22.8. The zero-order valence-corrected chi connectivity index (χ0v) is 14.3. The van der Waals surface area contributed by atoms with Gasteiger partial charge in [-0.1, -0.05) is 30.3 Å². The van der Waals surface area contributed by atoms with E-state index in [1.54, 1.807) is 43.3 Å². The average molecular weight is 366 g/mol. The predicted molar refractivity (Wildman–Crippen MR) is 90.8 cm³/mol. The average Bonchev–Trinajstić information content (AvgIpc) is 2.63. The number of fused-ring (bicyclic) bond motifs is 1. The monoisotopic (exact) mass is 366 g/mol. The Bertz CT molecular complexity index is 1070.